The van der Waals surface area contributed by atoms with Crippen molar-refractivity contribution in [3.05, 3.63) is 101 Å². The zero-order valence-electron chi connectivity index (χ0n) is 24.0. The Labute approximate surface area is 210 Å². The molecule has 0 saturated heterocycles. The highest BCUT2D eigenvalue weighted by atomic mass is 14.3. The van der Waals surface area contributed by atoms with Crippen LogP contribution in [-0.4, -0.2) is 0 Å². The van der Waals surface area contributed by atoms with Crippen molar-refractivity contribution in [3.63, 3.8) is 0 Å². The van der Waals surface area contributed by atoms with Crippen molar-refractivity contribution in [1.29, 1.82) is 0 Å². The molecule has 1 aromatic rings. The lowest BCUT2D eigenvalue weighted by Gasteiger charge is -2.15. The minimum Gasteiger partial charge on any atom is -0.0686 e. The molecule has 0 aromatic heterocycles. The van der Waals surface area contributed by atoms with E-state index in [0.717, 1.165) is 0 Å². The van der Waals surface area contributed by atoms with Crippen LogP contribution in [0.25, 0.3) is 0 Å². The van der Waals surface area contributed by atoms with Crippen LogP contribution in [0.3, 0.4) is 0 Å². The molecule has 0 atom stereocenters. The molecule has 34 heavy (non-hydrogen) atoms. The van der Waals surface area contributed by atoms with Crippen molar-refractivity contribution in [3.8, 4) is 0 Å². The van der Waals surface area contributed by atoms with E-state index in [9.17, 15) is 0 Å². The molecule has 0 heterocycles. The molecule has 4 aliphatic carbocycles. The van der Waals surface area contributed by atoms with E-state index >= 15 is 0 Å². The van der Waals surface area contributed by atoms with Crippen LogP contribution in [0.5, 0.6) is 0 Å². The molecule has 0 N–H and O–H groups in total. The monoisotopic (exact) mass is 454 g/mol. The van der Waals surface area contributed by atoms with Gasteiger partial charge in [0.1, 0.15) is 0 Å². The summed E-state index contributed by atoms with van der Waals surface area (Å²) in [5.74, 6) is 0. The van der Waals surface area contributed by atoms with Gasteiger partial charge in [0.05, 0.1) is 0 Å². The van der Waals surface area contributed by atoms with Crippen LogP contribution in [0, 0.1) is 41.5 Å². The Morgan fingerprint density at radius 3 is 0.912 bits per heavy atom. The zero-order chi connectivity index (χ0) is 25.5. The molecule has 0 radical (unpaired) electrons. The van der Waals surface area contributed by atoms with E-state index in [-0.39, 0.29) is 0 Å². The fourth-order valence-corrected chi connectivity index (χ4v) is 5.77. The average Bonchev–Trinajstić information content (AvgIpc) is 3.48. The van der Waals surface area contributed by atoms with Gasteiger partial charge in [-0.05, 0) is 176 Å². The Morgan fingerprint density at radius 1 is 0.382 bits per heavy atom. The van der Waals surface area contributed by atoms with E-state index in [4.69, 9.17) is 0 Å². The maximum Gasteiger partial charge on any atom is -0.00199 e. The second-order valence-corrected chi connectivity index (χ2v) is 11.3. The molecule has 0 nitrogen and oxygen atoms in total. The molecule has 0 bridgehead atoms. The summed E-state index contributed by atoms with van der Waals surface area (Å²) in [4.78, 5) is 0. The smallest absolute Gasteiger partial charge is 0.00199 e. The van der Waals surface area contributed by atoms with E-state index in [0.29, 0.717) is 0 Å². The number of allylic oxidation sites excluding steroid dienone is 12. The number of benzene rings is 1. The summed E-state index contributed by atoms with van der Waals surface area (Å²) in [7, 11) is 0. The minimum atomic E-state index is 1.21. The highest BCUT2D eigenvalue weighted by molar-refractivity contribution is 5.63. The summed E-state index contributed by atoms with van der Waals surface area (Å²) in [5, 5.41) is 0. The molecule has 0 spiro atoms. The van der Waals surface area contributed by atoms with Crippen LogP contribution in [0.15, 0.2) is 67.9 Å². The second-order valence-electron chi connectivity index (χ2n) is 11.3. The summed E-state index contributed by atoms with van der Waals surface area (Å²) >= 11 is 0. The van der Waals surface area contributed by atoms with Crippen molar-refractivity contribution < 1.29 is 0 Å². The van der Waals surface area contributed by atoms with Crippen LogP contribution in [-0.2, 0) is 0 Å². The number of fused-ring (bicyclic) bond motifs is 1. The van der Waals surface area contributed by atoms with Gasteiger partial charge in [0.25, 0.3) is 0 Å². The lowest BCUT2D eigenvalue weighted by molar-refractivity contribution is 1.09. The van der Waals surface area contributed by atoms with Crippen molar-refractivity contribution in [1.82, 2.24) is 0 Å². The largest absolute Gasteiger partial charge is 0.0686 e. The topological polar surface area (TPSA) is 0 Å². The average molecular weight is 455 g/mol. The molecule has 0 heteroatoms. The van der Waals surface area contributed by atoms with Crippen molar-refractivity contribution in [2.75, 3.05) is 0 Å². The predicted octanol–water partition coefficient (Wildman–Crippen LogP) is 10.3. The first-order chi connectivity index (χ1) is 15.8. The Morgan fingerprint density at radius 2 is 0.676 bits per heavy atom. The fourth-order valence-electron chi connectivity index (χ4n) is 5.77. The molecule has 0 aliphatic heterocycles. The molecule has 0 unspecified atom stereocenters. The van der Waals surface area contributed by atoms with Gasteiger partial charge < -0.3 is 0 Å². The van der Waals surface area contributed by atoms with Crippen LogP contribution in [0.1, 0.15) is 101 Å². The third-order valence-corrected chi connectivity index (χ3v) is 9.02. The van der Waals surface area contributed by atoms with Gasteiger partial charge in [-0.25, -0.2) is 0 Å². The predicted molar refractivity (Wildman–Crippen MR) is 152 cm³/mol. The number of rotatable bonds is 0. The Balaban J connectivity index is 0.000000146. The summed E-state index contributed by atoms with van der Waals surface area (Å²) in [6.07, 6.45) is 9.62. The lowest BCUT2D eigenvalue weighted by Crippen LogP contribution is -1.98. The van der Waals surface area contributed by atoms with Gasteiger partial charge in [-0.1, -0.05) is 34.4 Å². The quantitative estimate of drug-likeness (QED) is 0.366. The Kier molecular flexibility index (Phi) is 7.81. The summed E-state index contributed by atoms with van der Waals surface area (Å²) in [6, 6.07) is 0. The number of hydrogen-bond donors (Lipinski definition) is 0. The van der Waals surface area contributed by atoms with Crippen LogP contribution < -0.4 is 0 Å². The highest BCUT2D eigenvalue weighted by Crippen LogP contribution is 2.47. The highest BCUT2D eigenvalue weighted by Gasteiger charge is 2.28. The maximum atomic E-state index is 2.39. The molecule has 0 amide bonds. The van der Waals surface area contributed by atoms with E-state index in [1.807, 2.05) is 0 Å². The molecule has 0 fully saturated rings. The molecular weight excluding hydrogens is 408 g/mol. The lowest BCUT2D eigenvalue weighted by atomic mass is 9.90. The molecule has 0 saturated carbocycles. The van der Waals surface area contributed by atoms with Crippen molar-refractivity contribution in [2.45, 2.75) is 109 Å². The third kappa shape index (κ3) is 5.02. The second kappa shape index (κ2) is 10.1. The van der Waals surface area contributed by atoms with Gasteiger partial charge >= 0.3 is 0 Å². The van der Waals surface area contributed by atoms with E-state index in [1.54, 1.807) is 44.6 Å². The van der Waals surface area contributed by atoms with Crippen LogP contribution in [0.2, 0.25) is 0 Å². The minimum absolute atomic E-state index is 1.21. The summed E-state index contributed by atoms with van der Waals surface area (Å²) in [6.45, 7) is 26.6. The summed E-state index contributed by atoms with van der Waals surface area (Å²) < 4.78 is 0. The standard InChI is InChI=1S/C13H14.C12H18.C9H14/c1-8-3-10-7-11-4-9(2)6-13(11)12(10)5-8;1-7-8(2)10(4)12(6)11(5)9(7)3;1-6-5-7(2)9(4)8(6)3/h3-4H,5-7H2,1-2H3;1-6H3;5H2,1-4H3. The van der Waals surface area contributed by atoms with Gasteiger partial charge in [0, 0.05) is 0 Å². The zero-order valence-corrected chi connectivity index (χ0v) is 24.0. The van der Waals surface area contributed by atoms with Crippen molar-refractivity contribution in [2.24, 2.45) is 0 Å². The van der Waals surface area contributed by atoms with Gasteiger partial charge in [0.15, 0.2) is 0 Å². The normalized spacial score (nSPS) is 18.6. The van der Waals surface area contributed by atoms with Crippen LogP contribution in [0.4, 0.5) is 0 Å². The van der Waals surface area contributed by atoms with E-state index in [1.165, 1.54) is 70.2 Å². The maximum absolute atomic E-state index is 2.39. The van der Waals surface area contributed by atoms with E-state index < -0.39 is 0 Å². The van der Waals surface area contributed by atoms with Crippen molar-refractivity contribution >= 4 is 0 Å². The molecule has 1 aromatic carbocycles. The molecule has 182 valence electrons. The first-order valence-corrected chi connectivity index (χ1v) is 13.0. The first kappa shape index (κ1) is 26.3. The van der Waals surface area contributed by atoms with Gasteiger partial charge in [0.2, 0.25) is 0 Å². The van der Waals surface area contributed by atoms with Gasteiger partial charge in [-0.3, -0.25) is 0 Å². The SMILES string of the molecule is CC1=C(C)C(C)=C(C)C1.CC1=CC2=C(C1)C1=C(C=C(C)C1)C2.Cc1c(C)c(C)c(C)c(C)c1C. The number of hydrogen-bond acceptors (Lipinski definition) is 0. The van der Waals surface area contributed by atoms with Gasteiger partial charge in [-0.15, -0.1) is 0 Å². The Bertz CT molecular complexity index is 1060. The third-order valence-electron chi connectivity index (χ3n) is 9.02. The van der Waals surface area contributed by atoms with Crippen LogP contribution >= 0.6 is 0 Å². The van der Waals surface area contributed by atoms with Gasteiger partial charge in [-0.2, -0.15) is 0 Å². The fraction of sp³-hybridized carbons (Fsp3) is 0.471. The van der Waals surface area contributed by atoms with E-state index in [2.05, 4.69) is 95.2 Å². The first-order valence-electron chi connectivity index (χ1n) is 13.0. The molecule has 5 rings (SSSR count). The Hall–Kier alpha value is -2.34. The summed E-state index contributed by atoms with van der Waals surface area (Å²) in [5.41, 5.74) is 24.4. The molecular formula is C34H46. The molecule has 4 aliphatic rings.